The van der Waals surface area contributed by atoms with E-state index in [4.69, 9.17) is 9.66 Å². The summed E-state index contributed by atoms with van der Waals surface area (Å²) >= 11 is 0.502. The molecule has 0 fully saturated rings. The van der Waals surface area contributed by atoms with E-state index >= 15 is 0 Å². The van der Waals surface area contributed by atoms with Crippen LogP contribution in [0, 0.1) is 0 Å². The van der Waals surface area contributed by atoms with Crippen molar-refractivity contribution < 1.29 is 32.4 Å². The Kier molecular flexibility index (Phi) is 13.6. The number of hydrogen-bond donors (Lipinski definition) is 2. The zero-order valence-corrected chi connectivity index (χ0v) is 15.1. The Hall–Kier alpha value is 0.226. The van der Waals surface area contributed by atoms with Gasteiger partial charge in [-0.15, -0.1) is 0 Å². The molecule has 106 valence electrons. The molecule has 0 bridgehead atoms. The molecule has 19 heavy (non-hydrogen) atoms. The van der Waals surface area contributed by atoms with Gasteiger partial charge < -0.3 is 9.84 Å². The molecule has 0 spiro atoms. The molecule has 1 unspecified atom stereocenters. The molecule has 0 rings (SSSR count). The number of rotatable bonds is 6. The third-order valence-electron chi connectivity index (χ3n) is 1.95. The van der Waals surface area contributed by atoms with Crippen molar-refractivity contribution in [3.63, 3.8) is 0 Å². The van der Waals surface area contributed by atoms with Gasteiger partial charge in [0.25, 0.3) is 0 Å². The van der Waals surface area contributed by atoms with Crippen LogP contribution >= 0.6 is 0 Å². The van der Waals surface area contributed by atoms with Gasteiger partial charge in [0, 0.05) is 6.08 Å². The second-order valence-corrected chi connectivity index (χ2v) is 6.65. The molecule has 0 aromatic rings. The SMILES string of the molecule is CC([CH2][K])S(=O)(=O)O.CC=CC(=O)OCCC(=O)O. The third kappa shape index (κ3) is 16.2. The summed E-state index contributed by atoms with van der Waals surface area (Å²) in [5.41, 5.74) is 0. The molecular formula is C10H17KO7S. The van der Waals surface area contributed by atoms with Crippen LogP contribution < -0.4 is 0 Å². The number of aliphatic carboxylic acids is 1. The van der Waals surface area contributed by atoms with E-state index in [9.17, 15) is 18.0 Å². The number of carboxylic acids is 1. The minimum absolute atomic E-state index is 0.0709. The van der Waals surface area contributed by atoms with Crippen LogP contribution in [0.5, 0.6) is 0 Å². The molecule has 0 aliphatic carbocycles. The van der Waals surface area contributed by atoms with Crippen molar-refractivity contribution in [1.82, 2.24) is 0 Å². The summed E-state index contributed by atoms with van der Waals surface area (Å²) in [7, 11) is -3.71. The van der Waals surface area contributed by atoms with E-state index in [-0.39, 0.29) is 13.0 Å². The maximum atomic E-state index is 10.5. The number of carbonyl (C=O) groups is 2. The van der Waals surface area contributed by atoms with E-state index in [0.717, 1.165) is 0 Å². The van der Waals surface area contributed by atoms with Crippen LogP contribution in [0.4, 0.5) is 0 Å². The molecule has 7 nitrogen and oxygen atoms in total. The number of carboxylic acid groups (broad SMARTS) is 1. The molecule has 0 saturated carbocycles. The van der Waals surface area contributed by atoms with Crippen molar-refractivity contribution in [2.75, 3.05) is 6.61 Å². The molecule has 0 aromatic carbocycles. The molecule has 0 aliphatic rings. The smallest absolute Gasteiger partial charge is 0.330 e. The molecule has 9 heteroatoms. The minimum atomic E-state index is -3.71. The number of allylic oxidation sites excluding steroid dienone is 1. The average molecular weight is 320 g/mol. The quantitative estimate of drug-likeness (QED) is 0.315. The van der Waals surface area contributed by atoms with Crippen LogP contribution in [0.2, 0.25) is 0.515 Å². The molecule has 0 aliphatic heterocycles. The van der Waals surface area contributed by atoms with Crippen molar-refractivity contribution in [2.45, 2.75) is 26.0 Å². The van der Waals surface area contributed by atoms with Crippen LogP contribution in [0.25, 0.3) is 0 Å². The average Bonchev–Trinajstić information content (AvgIpc) is 2.27. The first-order chi connectivity index (χ1) is 8.65. The van der Waals surface area contributed by atoms with Crippen molar-refractivity contribution in [3.8, 4) is 0 Å². The molecule has 0 amide bonds. The van der Waals surface area contributed by atoms with Crippen molar-refractivity contribution in [1.29, 1.82) is 0 Å². The number of esters is 1. The summed E-state index contributed by atoms with van der Waals surface area (Å²) in [5, 5.41) is 7.61. The number of ether oxygens (including phenoxy) is 1. The first-order valence-electron chi connectivity index (χ1n) is 5.62. The van der Waals surface area contributed by atoms with Gasteiger partial charge in [0.2, 0.25) is 0 Å². The topological polar surface area (TPSA) is 118 Å². The van der Waals surface area contributed by atoms with Gasteiger partial charge in [-0.1, -0.05) is 6.08 Å². The number of carbonyl (C=O) groups excluding carboxylic acids is 1. The molecule has 0 saturated heterocycles. The molecule has 2 N–H and O–H groups in total. The van der Waals surface area contributed by atoms with Crippen molar-refractivity contribution in [2.24, 2.45) is 0 Å². The summed E-state index contributed by atoms with van der Waals surface area (Å²) in [5.74, 6) is -1.48. The molecule has 0 radical (unpaired) electrons. The number of hydrogen-bond acceptors (Lipinski definition) is 5. The van der Waals surface area contributed by atoms with Crippen LogP contribution in [0.1, 0.15) is 20.3 Å². The standard InChI is InChI=1S/C7H10O4.C3H7O3S.K/c1-2-3-7(10)11-5-4-6(8)9;1-3(2)7(4,5)6;/h2-3H,4-5H2,1H3,(H,8,9);3H,1H2,2H3,(H,4,5,6);. The fourth-order valence-electron chi connectivity index (χ4n) is 0.634. The van der Waals surface area contributed by atoms with Crippen LogP contribution in [0.3, 0.4) is 0 Å². The van der Waals surface area contributed by atoms with E-state index < -0.39 is 27.3 Å². The molecule has 0 heterocycles. The Morgan fingerprint density at radius 2 is 1.95 bits per heavy atom. The van der Waals surface area contributed by atoms with Gasteiger partial charge in [-0.25, -0.2) is 4.79 Å². The summed E-state index contributed by atoms with van der Waals surface area (Å²) in [6, 6.07) is 0. The molecular weight excluding hydrogens is 303 g/mol. The second-order valence-electron chi connectivity index (χ2n) is 3.55. The van der Waals surface area contributed by atoms with Gasteiger partial charge >= 0.3 is 96.7 Å². The zero-order valence-electron chi connectivity index (χ0n) is 11.2. The van der Waals surface area contributed by atoms with Crippen molar-refractivity contribution in [3.05, 3.63) is 12.2 Å². The fourth-order valence-corrected chi connectivity index (χ4v) is 3.03. The molecule has 0 aromatic heterocycles. The summed E-state index contributed by atoms with van der Waals surface area (Å²) in [6.07, 6.45) is 2.62. The Balaban J connectivity index is 0. The van der Waals surface area contributed by atoms with Gasteiger partial charge in [-0.05, 0) is 6.92 Å². The maximum absolute atomic E-state index is 10.5. The van der Waals surface area contributed by atoms with E-state index in [2.05, 4.69) is 4.74 Å². The van der Waals surface area contributed by atoms with Crippen LogP contribution in [-0.4, -0.2) is 90.8 Å². The van der Waals surface area contributed by atoms with Gasteiger partial charge in [0.05, 0.1) is 6.42 Å². The fraction of sp³-hybridized carbons (Fsp3) is 0.600. The Morgan fingerprint density at radius 1 is 1.42 bits per heavy atom. The minimum Gasteiger partial charge on any atom is -0.481 e. The second kappa shape index (κ2) is 12.0. The predicted octanol–water partition coefficient (Wildman–Crippen LogP) is 0.430. The summed E-state index contributed by atoms with van der Waals surface area (Å²) in [4.78, 5) is 20.5. The maximum Gasteiger partial charge on any atom is 0.330 e. The van der Waals surface area contributed by atoms with Crippen LogP contribution in [-0.2, 0) is 24.4 Å². The Labute approximate surface area is 146 Å². The van der Waals surface area contributed by atoms with Gasteiger partial charge in [0.15, 0.2) is 0 Å². The van der Waals surface area contributed by atoms with E-state index in [1.807, 2.05) is 0 Å². The summed E-state index contributed by atoms with van der Waals surface area (Å²) in [6.45, 7) is 3.12. The Morgan fingerprint density at radius 3 is 2.21 bits per heavy atom. The van der Waals surface area contributed by atoms with E-state index in [1.165, 1.54) is 19.1 Å². The van der Waals surface area contributed by atoms with E-state index in [0.29, 0.717) is 49.5 Å². The monoisotopic (exact) mass is 320 g/mol. The zero-order chi connectivity index (χ0) is 15.5. The largest absolute Gasteiger partial charge is 0.481 e. The summed E-state index contributed by atoms with van der Waals surface area (Å²) < 4.78 is 33.7. The van der Waals surface area contributed by atoms with Crippen molar-refractivity contribution >= 4 is 71.0 Å². The first kappa shape index (κ1) is 21.5. The third-order valence-corrected chi connectivity index (χ3v) is 6.13. The van der Waals surface area contributed by atoms with Crippen LogP contribution in [0.15, 0.2) is 12.2 Å². The Bertz CT molecular complexity index is 402. The molecule has 1 atom stereocenters. The predicted molar refractivity (Wildman–Crippen MR) is 69.6 cm³/mol. The van der Waals surface area contributed by atoms with E-state index in [1.54, 1.807) is 6.92 Å². The first-order valence-corrected chi connectivity index (χ1v) is 9.33. The van der Waals surface area contributed by atoms with Gasteiger partial charge in [-0.2, -0.15) is 0 Å². The normalized spacial score (nSPS) is 12.5. The van der Waals surface area contributed by atoms with Gasteiger partial charge in [0.1, 0.15) is 6.61 Å². The van der Waals surface area contributed by atoms with Gasteiger partial charge in [-0.3, -0.25) is 4.79 Å².